The highest BCUT2D eigenvalue weighted by Gasteiger charge is 2.53. The van der Waals surface area contributed by atoms with Gasteiger partial charge in [-0.25, -0.2) is 4.39 Å². The Balaban J connectivity index is 1.54. The monoisotopic (exact) mass is 485 g/mol. The van der Waals surface area contributed by atoms with Gasteiger partial charge in [0.15, 0.2) is 0 Å². The number of benzene rings is 2. The summed E-state index contributed by atoms with van der Waals surface area (Å²) in [6, 6.07) is 11.7. The summed E-state index contributed by atoms with van der Waals surface area (Å²) < 4.78 is 14.4. The topological polar surface area (TPSA) is 118 Å². The molecule has 1 aromatic heterocycles. The molecule has 2 aromatic carbocycles. The zero-order valence-electron chi connectivity index (χ0n) is 16.8. The van der Waals surface area contributed by atoms with Crippen LogP contribution in [0, 0.1) is 11.7 Å². The van der Waals surface area contributed by atoms with E-state index in [9.17, 15) is 28.7 Å². The maximum Gasteiger partial charge on any atom is 0.308 e. The number of halogens is 1. The molecular formula is C22H16FN3O5S2. The molecule has 0 saturated carbocycles. The number of fused-ring (bicyclic) bond motifs is 2. The van der Waals surface area contributed by atoms with Crippen molar-refractivity contribution in [2.75, 3.05) is 5.32 Å². The summed E-state index contributed by atoms with van der Waals surface area (Å²) in [5, 5.41) is 15.0. The van der Waals surface area contributed by atoms with E-state index < -0.39 is 45.5 Å². The Morgan fingerprint density at radius 1 is 1.09 bits per heavy atom. The van der Waals surface area contributed by atoms with Crippen molar-refractivity contribution in [3.63, 3.8) is 0 Å². The molecule has 8 nitrogen and oxygen atoms in total. The largest absolute Gasteiger partial charge is 0.508 e. The summed E-state index contributed by atoms with van der Waals surface area (Å²) in [6.45, 7) is -0.324. The summed E-state index contributed by atoms with van der Waals surface area (Å²) in [4.78, 5) is 50.7. The van der Waals surface area contributed by atoms with Crippen molar-refractivity contribution in [3.8, 4) is 5.75 Å². The average Bonchev–Trinajstić information content (AvgIpc) is 3.24. The van der Waals surface area contributed by atoms with E-state index in [2.05, 4.69) is 10.6 Å². The predicted molar refractivity (Wildman–Crippen MR) is 120 cm³/mol. The number of thiazole rings is 1. The number of rotatable bonds is 4. The van der Waals surface area contributed by atoms with Gasteiger partial charge in [-0.3, -0.25) is 29.1 Å². The van der Waals surface area contributed by atoms with Crippen LogP contribution in [0.15, 0.2) is 58.4 Å². The van der Waals surface area contributed by atoms with Gasteiger partial charge in [0.25, 0.3) is 0 Å². The highest BCUT2D eigenvalue weighted by atomic mass is 32.2. The first-order valence-corrected chi connectivity index (χ1v) is 11.6. The fourth-order valence-corrected chi connectivity index (χ4v) is 6.87. The van der Waals surface area contributed by atoms with E-state index in [4.69, 9.17) is 0 Å². The van der Waals surface area contributed by atoms with Crippen LogP contribution in [0.4, 0.5) is 10.1 Å². The van der Waals surface area contributed by atoms with Crippen molar-refractivity contribution in [1.29, 1.82) is 0 Å². The smallest absolute Gasteiger partial charge is 0.308 e. The minimum Gasteiger partial charge on any atom is -0.508 e. The molecule has 1 saturated heterocycles. The van der Waals surface area contributed by atoms with Gasteiger partial charge in [0, 0.05) is 22.0 Å². The van der Waals surface area contributed by atoms with Crippen molar-refractivity contribution in [3.05, 3.63) is 74.5 Å². The number of amides is 3. The number of hydrogen-bond acceptors (Lipinski definition) is 7. The van der Waals surface area contributed by atoms with Gasteiger partial charge in [-0.15, -0.1) is 0 Å². The molecule has 3 N–H and O–H groups in total. The van der Waals surface area contributed by atoms with Crippen molar-refractivity contribution in [2.45, 2.75) is 22.7 Å². The number of phenols is 1. The Labute approximate surface area is 194 Å². The Bertz CT molecular complexity index is 1350. The summed E-state index contributed by atoms with van der Waals surface area (Å²) >= 11 is 1.96. The number of carbonyl (C=O) groups is 3. The molecule has 0 radical (unpaired) electrons. The number of thioether (sulfide) groups is 1. The van der Waals surface area contributed by atoms with Crippen molar-refractivity contribution in [1.82, 2.24) is 9.88 Å². The van der Waals surface area contributed by atoms with Crippen molar-refractivity contribution >= 4 is 46.5 Å². The molecule has 1 fully saturated rings. The molecular weight excluding hydrogens is 469 g/mol. The predicted octanol–water partition coefficient (Wildman–Crippen LogP) is 2.27. The summed E-state index contributed by atoms with van der Waals surface area (Å²) in [5.74, 6) is -3.42. The van der Waals surface area contributed by atoms with Crippen LogP contribution < -0.4 is 15.5 Å². The van der Waals surface area contributed by atoms with Crippen molar-refractivity contribution in [2.24, 2.45) is 5.92 Å². The SMILES string of the molecule is O=C(Cn1c2c(sc1=O)C(c1ccccc1O)C1C(=O)NC(=O)C1S2)Nc1ccc(F)cc1. The zero-order chi connectivity index (χ0) is 23.3. The molecule has 2 aliphatic heterocycles. The van der Waals surface area contributed by atoms with Gasteiger partial charge in [-0.2, -0.15) is 0 Å². The Morgan fingerprint density at radius 2 is 1.82 bits per heavy atom. The van der Waals surface area contributed by atoms with Gasteiger partial charge < -0.3 is 10.4 Å². The Kier molecular flexibility index (Phi) is 5.29. The quantitative estimate of drug-likeness (QED) is 0.488. The van der Waals surface area contributed by atoms with E-state index in [0.717, 1.165) is 23.1 Å². The van der Waals surface area contributed by atoms with Gasteiger partial charge in [0.1, 0.15) is 23.4 Å². The van der Waals surface area contributed by atoms with Gasteiger partial charge in [0.05, 0.1) is 10.9 Å². The third-order valence-corrected chi connectivity index (χ3v) is 8.21. The second-order valence-corrected chi connectivity index (χ2v) is 9.76. The molecule has 2 aliphatic rings. The summed E-state index contributed by atoms with van der Waals surface area (Å²) in [6.07, 6.45) is 0. The van der Waals surface area contributed by atoms with Crippen LogP contribution in [0.1, 0.15) is 16.4 Å². The molecule has 168 valence electrons. The van der Waals surface area contributed by atoms with Gasteiger partial charge in [-0.05, 0) is 30.3 Å². The highest BCUT2D eigenvalue weighted by molar-refractivity contribution is 8.00. The first-order valence-electron chi connectivity index (χ1n) is 9.91. The third kappa shape index (κ3) is 3.72. The first kappa shape index (κ1) is 21.4. The molecule has 0 bridgehead atoms. The minimum atomic E-state index is -0.796. The van der Waals surface area contributed by atoms with Crippen LogP contribution >= 0.6 is 23.1 Å². The Morgan fingerprint density at radius 3 is 2.55 bits per heavy atom. The molecule has 0 aliphatic carbocycles. The lowest BCUT2D eigenvalue weighted by molar-refractivity contribution is -0.126. The van der Waals surface area contributed by atoms with E-state index in [0.29, 0.717) is 21.2 Å². The van der Waals surface area contributed by atoms with Crippen LogP contribution in [0.2, 0.25) is 0 Å². The molecule has 3 atom stereocenters. The zero-order valence-corrected chi connectivity index (χ0v) is 18.4. The number of para-hydroxylation sites is 1. The summed E-state index contributed by atoms with van der Waals surface area (Å²) in [7, 11) is 0. The number of aromatic hydroxyl groups is 1. The van der Waals surface area contributed by atoms with Gasteiger partial charge >= 0.3 is 4.87 Å². The van der Waals surface area contributed by atoms with Gasteiger partial charge in [0.2, 0.25) is 17.7 Å². The van der Waals surface area contributed by atoms with Crippen LogP contribution in [-0.4, -0.2) is 32.6 Å². The standard InChI is InChI=1S/C22H16FN3O5S2/c23-10-5-7-11(8-6-10)24-14(28)9-26-21-18(33-22(26)31)15(12-3-1-2-4-13(12)27)16-17(32-21)20(30)25-19(16)29/h1-8,15-17,27H,9H2,(H,24,28)(H,25,29,30). The third-order valence-electron chi connectivity index (χ3n) is 5.59. The lowest BCUT2D eigenvalue weighted by Crippen LogP contribution is -2.32. The molecule has 11 heteroatoms. The number of imide groups is 1. The van der Waals surface area contributed by atoms with Crippen LogP contribution in [0.5, 0.6) is 5.75 Å². The minimum absolute atomic E-state index is 0.0484. The number of carbonyl (C=O) groups excluding carboxylic acids is 3. The van der Waals surface area contributed by atoms with Crippen LogP contribution in [0.3, 0.4) is 0 Å². The van der Waals surface area contributed by atoms with E-state index in [-0.39, 0.29) is 12.3 Å². The number of nitrogens with zero attached hydrogens (tertiary/aromatic N) is 1. The summed E-state index contributed by atoms with van der Waals surface area (Å²) in [5.41, 5.74) is 0.808. The molecule has 3 amide bonds. The maximum absolute atomic E-state index is 13.1. The van der Waals surface area contributed by atoms with E-state index >= 15 is 0 Å². The van der Waals surface area contributed by atoms with E-state index in [1.165, 1.54) is 34.9 Å². The second-order valence-electron chi connectivity index (χ2n) is 7.63. The highest BCUT2D eigenvalue weighted by Crippen LogP contribution is 2.52. The molecule has 3 heterocycles. The normalized spacial score (nSPS) is 21.3. The fourth-order valence-electron chi connectivity index (χ4n) is 4.14. The lowest BCUT2D eigenvalue weighted by Gasteiger charge is -2.31. The first-order chi connectivity index (χ1) is 15.8. The fraction of sp³-hybridized carbons (Fsp3) is 0.182. The molecule has 3 unspecified atom stereocenters. The number of nitrogens with one attached hydrogen (secondary N) is 2. The number of aromatic nitrogens is 1. The average molecular weight is 486 g/mol. The van der Waals surface area contributed by atoms with Crippen molar-refractivity contribution < 1.29 is 23.9 Å². The lowest BCUT2D eigenvalue weighted by atomic mass is 9.82. The molecule has 3 aromatic rings. The molecule has 33 heavy (non-hydrogen) atoms. The number of hydrogen-bond donors (Lipinski definition) is 3. The number of phenolic OH excluding ortho intramolecular Hbond substituents is 1. The van der Waals surface area contributed by atoms with E-state index in [1.807, 2.05) is 0 Å². The second kappa shape index (κ2) is 8.16. The Hall–Kier alpha value is -3.44. The van der Waals surface area contributed by atoms with E-state index in [1.54, 1.807) is 18.2 Å². The maximum atomic E-state index is 13.1. The van der Waals surface area contributed by atoms with Crippen LogP contribution in [-0.2, 0) is 20.9 Å². The molecule has 5 rings (SSSR count). The number of anilines is 1. The molecule has 0 spiro atoms. The van der Waals surface area contributed by atoms with Gasteiger partial charge in [-0.1, -0.05) is 41.3 Å². The van der Waals surface area contributed by atoms with Crippen LogP contribution in [0.25, 0.3) is 0 Å².